The zero-order valence-electron chi connectivity index (χ0n) is 14.4. The average molecular weight is 354 g/mol. The minimum Gasteiger partial charge on any atom is -0.465 e. The van der Waals surface area contributed by atoms with Crippen LogP contribution in [0.15, 0.2) is 48.5 Å². The largest absolute Gasteiger partial charge is 0.465 e. The van der Waals surface area contributed by atoms with Gasteiger partial charge in [-0.2, -0.15) is 0 Å². The van der Waals surface area contributed by atoms with Gasteiger partial charge >= 0.3 is 5.97 Å². The molecule has 7 heteroatoms. The first-order valence-corrected chi connectivity index (χ1v) is 7.78. The van der Waals surface area contributed by atoms with Crippen LogP contribution in [0.2, 0.25) is 0 Å². The fraction of sp³-hybridized carbons (Fsp3) is 0.158. The van der Waals surface area contributed by atoms with E-state index in [0.29, 0.717) is 11.3 Å². The lowest BCUT2D eigenvalue weighted by atomic mass is 10.1. The van der Waals surface area contributed by atoms with Crippen molar-refractivity contribution in [2.24, 2.45) is 0 Å². The van der Waals surface area contributed by atoms with Crippen LogP contribution in [0.5, 0.6) is 0 Å². The molecule has 26 heavy (non-hydrogen) atoms. The maximum Gasteiger partial charge on any atom is 0.339 e. The second-order valence-electron chi connectivity index (χ2n) is 5.44. The minimum atomic E-state index is -0.587. The van der Waals surface area contributed by atoms with E-state index in [-0.39, 0.29) is 17.0 Å². The van der Waals surface area contributed by atoms with E-state index in [4.69, 9.17) is 0 Å². The molecule has 0 aliphatic rings. The van der Waals surface area contributed by atoms with Crippen LogP contribution < -0.4 is 10.6 Å². The van der Waals surface area contributed by atoms with Gasteiger partial charge in [0.25, 0.3) is 0 Å². The normalized spacial score (nSPS) is 9.92. The van der Waals surface area contributed by atoms with Crippen molar-refractivity contribution in [3.8, 4) is 0 Å². The Morgan fingerprint density at radius 3 is 2.12 bits per heavy atom. The van der Waals surface area contributed by atoms with Gasteiger partial charge in [0.2, 0.25) is 11.8 Å². The van der Waals surface area contributed by atoms with Crippen molar-refractivity contribution < 1.29 is 23.9 Å². The van der Waals surface area contributed by atoms with E-state index in [1.54, 1.807) is 42.5 Å². The molecule has 2 aromatic carbocycles. The Hall–Kier alpha value is -3.48. The summed E-state index contributed by atoms with van der Waals surface area (Å²) in [5, 5.41) is 5.09. The number of carbonyl (C=O) groups excluding carboxylic acids is 4. The molecule has 0 spiro atoms. The Kier molecular flexibility index (Phi) is 6.21. The number of carbonyl (C=O) groups is 4. The molecule has 0 aliphatic heterocycles. The summed E-state index contributed by atoms with van der Waals surface area (Å²) in [6.45, 7) is 1.45. The van der Waals surface area contributed by atoms with Crippen LogP contribution in [0.3, 0.4) is 0 Å². The molecule has 0 unspecified atom stereocenters. The van der Waals surface area contributed by atoms with E-state index in [0.717, 1.165) is 0 Å². The molecule has 0 aromatic heterocycles. The quantitative estimate of drug-likeness (QED) is 0.472. The molecule has 0 heterocycles. The van der Waals surface area contributed by atoms with Crippen molar-refractivity contribution in [3.63, 3.8) is 0 Å². The number of rotatable bonds is 6. The molecule has 7 nitrogen and oxygen atoms in total. The third kappa shape index (κ3) is 5.01. The molecule has 0 aliphatic carbocycles. The first-order valence-electron chi connectivity index (χ1n) is 7.78. The molecule has 0 radical (unpaired) electrons. The van der Waals surface area contributed by atoms with E-state index in [1.165, 1.54) is 20.1 Å². The summed E-state index contributed by atoms with van der Waals surface area (Å²) >= 11 is 0. The van der Waals surface area contributed by atoms with Gasteiger partial charge in [0.15, 0.2) is 5.78 Å². The first-order chi connectivity index (χ1) is 12.4. The van der Waals surface area contributed by atoms with Crippen molar-refractivity contribution >= 4 is 34.9 Å². The number of para-hydroxylation sites is 1. The van der Waals surface area contributed by atoms with Gasteiger partial charge in [-0.3, -0.25) is 14.4 Å². The molecule has 0 atom stereocenters. The average Bonchev–Trinajstić information content (AvgIpc) is 2.61. The summed E-state index contributed by atoms with van der Waals surface area (Å²) in [6.07, 6.45) is -0.427. The zero-order chi connectivity index (χ0) is 19.1. The number of hydrogen-bond acceptors (Lipinski definition) is 5. The maximum absolute atomic E-state index is 12.1. The lowest BCUT2D eigenvalue weighted by Crippen LogP contribution is -2.22. The van der Waals surface area contributed by atoms with Gasteiger partial charge in [-0.15, -0.1) is 0 Å². The second-order valence-corrected chi connectivity index (χ2v) is 5.44. The fourth-order valence-corrected chi connectivity index (χ4v) is 2.21. The van der Waals surface area contributed by atoms with Gasteiger partial charge < -0.3 is 15.4 Å². The third-order valence-corrected chi connectivity index (χ3v) is 3.50. The topological polar surface area (TPSA) is 102 Å². The van der Waals surface area contributed by atoms with Gasteiger partial charge in [0, 0.05) is 11.3 Å². The standard InChI is InChI=1S/C19H18N2O5/c1-12(22)13-7-9-14(10-8-13)20-17(23)11-18(24)21-16-6-4-3-5-15(16)19(25)26-2/h3-10H,11H2,1-2H3,(H,20,23)(H,21,24). The van der Waals surface area contributed by atoms with Crippen LogP contribution >= 0.6 is 0 Å². The molecule has 0 saturated carbocycles. The van der Waals surface area contributed by atoms with Crippen LogP contribution in [0, 0.1) is 0 Å². The highest BCUT2D eigenvalue weighted by molar-refractivity contribution is 6.10. The van der Waals surface area contributed by atoms with Crippen LogP contribution in [0.1, 0.15) is 34.1 Å². The summed E-state index contributed by atoms with van der Waals surface area (Å²) in [7, 11) is 1.24. The fourth-order valence-electron chi connectivity index (χ4n) is 2.21. The van der Waals surface area contributed by atoms with Gasteiger partial charge in [-0.1, -0.05) is 12.1 Å². The first kappa shape index (κ1) is 18.9. The summed E-state index contributed by atoms with van der Waals surface area (Å²) in [5.41, 5.74) is 1.47. The highest BCUT2D eigenvalue weighted by Crippen LogP contribution is 2.16. The molecule has 2 aromatic rings. The summed E-state index contributed by atoms with van der Waals surface area (Å²) < 4.78 is 4.65. The molecule has 2 amide bonds. The Morgan fingerprint density at radius 2 is 1.50 bits per heavy atom. The number of esters is 1. The van der Waals surface area contributed by atoms with E-state index < -0.39 is 24.2 Å². The lowest BCUT2D eigenvalue weighted by Gasteiger charge is -2.10. The molecule has 0 saturated heterocycles. The molecule has 0 bridgehead atoms. The van der Waals surface area contributed by atoms with Crippen molar-refractivity contribution in [2.45, 2.75) is 13.3 Å². The summed E-state index contributed by atoms with van der Waals surface area (Å²) in [6, 6.07) is 12.7. The SMILES string of the molecule is COC(=O)c1ccccc1NC(=O)CC(=O)Nc1ccc(C(C)=O)cc1. The number of methoxy groups -OCH3 is 1. The number of hydrogen-bond donors (Lipinski definition) is 2. The van der Waals surface area contributed by atoms with Crippen molar-refractivity contribution in [1.82, 2.24) is 0 Å². The summed E-state index contributed by atoms with van der Waals surface area (Å²) in [4.78, 5) is 46.9. The molecule has 134 valence electrons. The Labute approximate surface area is 150 Å². The van der Waals surface area contributed by atoms with Gasteiger partial charge in [0.1, 0.15) is 6.42 Å². The third-order valence-electron chi connectivity index (χ3n) is 3.50. The number of nitrogens with one attached hydrogen (secondary N) is 2. The van der Waals surface area contributed by atoms with E-state index >= 15 is 0 Å². The van der Waals surface area contributed by atoms with E-state index in [1.807, 2.05) is 0 Å². The summed E-state index contributed by atoms with van der Waals surface area (Å²) in [5.74, 6) is -1.75. The molecule has 2 rings (SSSR count). The van der Waals surface area contributed by atoms with Gasteiger partial charge in [-0.05, 0) is 43.3 Å². The van der Waals surface area contributed by atoms with Crippen LogP contribution in [-0.2, 0) is 14.3 Å². The zero-order valence-corrected chi connectivity index (χ0v) is 14.4. The Balaban J connectivity index is 1.96. The monoisotopic (exact) mass is 354 g/mol. The number of Topliss-reactive ketones (excluding diaryl/α,β-unsaturated/α-hetero) is 1. The van der Waals surface area contributed by atoms with Crippen molar-refractivity contribution in [2.75, 3.05) is 17.7 Å². The van der Waals surface area contributed by atoms with Crippen LogP contribution in [0.4, 0.5) is 11.4 Å². The number of amides is 2. The number of ether oxygens (including phenoxy) is 1. The Bertz CT molecular complexity index is 843. The molecular weight excluding hydrogens is 336 g/mol. The molecular formula is C19H18N2O5. The van der Waals surface area contributed by atoms with Crippen molar-refractivity contribution in [3.05, 3.63) is 59.7 Å². The van der Waals surface area contributed by atoms with Gasteiger partial charge in [0.05, 0.1) is 18.4 Å². The predicted molar refractivity (Wildman–Crippen MR) is 96.1 cm³/mol. The van der Waals surface area contributed by atoms with Crippen LogP contribution in [-0.4, -0.2) is 30.7 Å². The lowest BCUT2D eigenvalue weighted by molar-refractivity contribution is -0.123. The number of anilines is 2. The van der Waals surface area contributed by atoms with E-state index in [2.05, 4.69) is 15.4 Å². The molecule has 0 fully saturated rings. The smallest absolute Gasteiger partial charge is 0.339 e. The minimum absolute atomic E-state index is 0.0773. The second kappa shape index (κ2) is 8.57. The van der Waals surface area contributed by atoms with Gasteiger partial charge in [-0.25, -0.2) is 4.79 Å². The molecule has 2 N–H and O–H groups in total. The van der Waals surface area contributed by atoms with Crippen molar-refractivity contribution in [1.29, 1.82) is 0 Å². The number of ketones is 1. The predicted octanol–water partition coefficient (Wildman–Crippen LogP) is 2.64. The van der Waals surface area contributed by atoms with E-state index in [9.17, 15) is 19.2 Å². The highest BCUT2D eigenvalue weighted by atomic mass is 16.5. The highest BCUT2D eigenvalue weighted by Gasteiger charge is 2.15. The number of benzene rings is 2. The maximum atomic E-state index is 12.1. The Morgan fingerprint density at radius 1 is 0.885 bits per heavy atom. The van der Waals surface area contributed by atoms with Crippen LogP contribution in [0.25, 0.3) is 0 Å².